The zero-order valence-corrected chi connectivity index (χ0v) is 19.9. The molecule has 5 nitrogen and oxygen atoms in total. The highest BCUT2D eigenvalue weighted by molar-refractivity contribution is 6.69. The molecule has 0 unspecified atom stereocenters. The van der Waals surface area contributed by atoms with Crippen LogP contribution in [0.1, 0.15) is 11.1 Å². The lowest BCUT2D eigenvalue weighted by Gasteiger charge is -2.31. The molecule has 1 fully saturated rings. The largest absolute Gasteiger partial charge is 0.447 e. The van der Waals surface area contributed by atoms with Gasteiger partial charge in [-0.3, -0.25) is 4.79 Å². The van der Waals surface area contributed by atoms with Gasteiger partial charge in [-0.1, -0.05) is 78.9 Å². The molecule has 2 aromatic carbocycles. The van der Waals surface area contributed by atoms with Gasteiger partial charge < -0.3 is 9.16 Å². The van der Waals surface area contributed by atoms with Crippen molar-refractivity contribution in [2.45, 2.75) is 38.2 Å². The molecule has 1 aliphatic heterocycles. The summed E-state index contributed by atoms with van der Waals surface area (Å²) in [6.07, 6.45) is 4.82. The molecule has 32 heavy (non-hydrogen) atoms. The highest BCUT2D eigenvalue weighted by Crippen LogP contribution is 2.25. The van der Waals surface area contributed by atoms with Crippen molar-refractivity contribution < 1.29 is 18.8 Å². The van der Waals surface area contributed by atoms with Gasteiger partial charge in [-0.2, -0.15) is 0 Å². The van der Waals surface area contributed by atoms with Crippen LogP contribution in [0.2, 0.25) is 19.6 Å². The van der Waals surface area contributed by atoms with Crippen LogP contribution in [0.3, 0.4) is 0 Å². The van der Waals surface area contributed by atoms with Crippen molar-refractivity contribution in [3.05, 3.63) is 90.5 Å². The van der Waals surface area contributed by atoms with Gasteiger partial charge in [0, 0.05) is 0 Å². The van der Waals surface area contributed by atoms with Crippen LogP contribution in [0.25, 0.3) is 6.08 Å². The van der Waals surface area contributed by atoms with Crippen LogP contribution in [-0.2, 0) is 20.4 Å². The fourth-order valence-corrected chi connectivity index (χ4v) is 4.76. The molecule has 0 aliphatic carbocycles. The summed E-state index contributed by atoms with van der Waals surface area (Å²) in [5.41, 5.74) is 2.05. The van der Waals surface area contributed by atoms with E-state index in [1.54, 1.807) is 6.08 Å². The minimum Gasteiger partial charge on any atom is -0.447 e. The number of nitrogens with zero attached hydrogens (tertiary/aromatic N) is 1. The maximum Gasteiger partial charge on any atom is 0.417 e. The summed E-state index contributed by atoms with van der Waals surface area (Å²) < 4.78 is 11.6. The van der Waals surface area contributed by atoms with Gasteiger partial charge in [-0.25, -0.2) is 9.69 Å². The minimum atomic E-state index is -2.00. The van der Waals surface area contributed by atoms with Crippen molar-refractivity contribution in [2.75, 3.05) is 6.61 Å². The topological polar surface area (TPSA) is 55.8 Å². The third kappa shape index (κ3) is 6.28. The van der Waals surface area contributed by atoms with Crippen LogP contribution in [0, 0.1) is 5.92 Å². The Morgan fingerprint density at radius 1 is 1.16 bits per heavy atom. The molecule has 0 radical (unpaired) electrons. The van der Waals surface area contributed by atoms with Gasteiger partial charge in [0.15, 0.2) is 8.32 Å². The van der Waals surface area contributed by atoms with E-state index < -0.39 is 26.4 Å². The van der Waals surface area contributed by atoms with Crippen LogP contribution >= 0.6 is 0 Å². The van der Waals surface area contributed by atoms with E-state index in [1.807, 2.05) is 72.8 Å². The standard InChI is InChI=1S/C26H31NO4Si/c1-5-23(24(31-32(2,3)4)17-16-20-12-8-6-9-13-20)25(28)27-22(19-30-26(27)29)18-21-14-10-7-11-15-21/h5-17,22-24H,1,18-19H2,2-4H3/b17-16+/t22-,23-,24+/m0/s1. The number of hydrogen-bond donors (Lipinski definition) is 0. The molecular weight excluding hydrogens is 418 g/mol. The van der Waals surface area contributed by atoms with Gasteiger partial charge in [-0.05, 0) is 37.2 Å². The lowest BCUT2D eigenvalue weighted by Crippen LogP contribution is -2.47. The molecule has 0 spiro atoms. The van der Waals surface area contributed by atoms with Gasteiger partial charge in [-0.15, -0.1) is 6.58 Å². The monoisotopic (exact) mass is 449 g/mol. The number of imide groups is 1. The van der Waals surface area contributed by atoms with Crippen molar-refractivity contribution in [1.29, 1.82) is 0 Å². The van der Waals surface area contributed by atoms with Crippen molar-refractivity contribution >= 4 is 26.4 Å². The number of rotatable bonds is 9. The predicted molar refractivity (Wildman–Crippen MR) is 130 cm³/mol. The molecule has 0 bridgehead atoms. The minimum absolute atomic E-state index is 0.183. The highest BCUT2D eigenvalue weighted by atomic mass is 28.4. The molecule has 6 heteroatoms. The molecule has 1 aliphatic rings. The van der Waals surface area contributed by atoms with Gasteiger partial charge in [0.25, 0.3) is 0 Å². The Bertz CT molecular complexity index is 953. The van der Waals surface area contributed by atoms with E-state index in [9.17, 15) is 9.59 Å². The molecule has 0 saturated carbocycles. The van der Waals surface area contributed by atoms with Gasteiger partial charge in [0.05, 0.1) is 18.1 Å². The van der Waals surface area contributed by atoms with E-state index in [-0.39, 0.29) is 18.6 Å². The molecule has 3 atom stereocenters. The van der Waals surface area contributed by atoms with Crippen molar-refractivity contribution in [3.63, 3.8) is 0 Å². The Morgan fingerprint density at radius 2 is 1.78 bits per heavy atom. The first-order valence-corrected chi connectivity index (χ1v) is 14.3. The third-order valence-corrected chi connectivity index (χ3v) is 6.15. The Hall–Kier alpha value is -2.96. The normalized spacial score (nSPS) is 18.4. The molecule has 3 rings (SSSR count). The molecule has 0 N–H and O–H groups in total. The fraction of sp³-hybridized carbons (Fsp3) is 0.308. The Morgan fingerprint density at radius 3 is 2.38 bits per heavy atom. The maximum atomic E-state index is 13.6. The van der Waals surface area contributed by atoms with Crippen LogP contribution < -0.4 is 0 Å². The molecular formula is C26H31NO4Si. The van der Waals surface area contributed by atoms with Crippen LogP contribution in [0.5, 0.6) is 0 Å². The van der Waals surface area contributed by atoms with Crippen molar-refractivity contribution in [3.8, 4) is 0 Å². The van der Waals surface area contributed by atoms with E-state index >= 15 is 0 Å². The zero-order chi connectivity index (χ0) is 23.1. The first-order chi connectivity index (χ1) is 15.3. The number of benzene rings is 2. The lowest BCUT2D eigenvalue weighted by molar-refractivity contribution is -0.133. The summed E-state index contributed by atoms with van der Waals surface area (Å²) in [5.74, 6) is -1.05. The maximum absolute atomic E-state index is 13.6. The SMILES string of the molecule is C=C[C@H](C(=O)N1C(=O)OC[C@@H]1Cc1ccccc1)[C@@H](/C=C/c1ccccc1)O[Si](C)(C)C. The summed E-state index contributed by atoms with van der Waals surface area (Å²) in [5, 5.41) is 0. The van der Waals surface area contributed by atoms with Crippen LogP contribution in [0.4, 0.5) is 4.79 Å². The van der Waals surface area contributed by atoms with E-state index in [4.69, 9.17) is 9.16 Å². The van der Waals surface area contributed by atoms with Crippen LogP contribution in [-0.4, -0.2) is 44.0 Å². The molecule has 1 heterocycles. The summed E-state index contributed by atoms with van der Waals surface area (Å²) in [7, 11) is -2.00. The second kappa shape index (κ2) is 10.6. The van der Waals surface area contributed by atoms with Crippen molar-refractivity contribution in [1.82, 2.24) is 4.90 Å². The van der Waals surface area contributed by atoms with Crippen molar-refractivity contribution in [2.24, 2.45) is 5.92 Å². The van der Waals surface area contributed by atoms with Gasteiger partial charge in [0.2, 0.25) is 5.91 Å². The first kappa shape index (κ1) is 23.7. The summed E-state index contributed by atoms with van der Waals surface area (Å²) in [6, 6.07) is 19.3. The highest BCUT2D eigenvalue weighted by Gasteiger charge is 2.42. The number of carbonyl (C=O) groups excluding carboxylic acids is 2. The van der Waals surface area contributed by atoms with E-state index in [2.05, 4.69) is 26.2 Å². The molecule has 2 aromatic rings. The summed E-state index contributed by atoms with van der Waals surface area (Å²) >= 11 is 0. The number of ether oxygens (including phenoxy) is 1. The Balaban J connectivity index is 1.85. The number of cyclic esters (lactones) is 1. The second-order valence-electron chi connectivity index (χ2n) is 8.85. The zero-order valence-electron chi connectivity index (χ0n) is 18.9. The molecule has 168 valence electrons. The van der Waals surface area contributed by atoms with E-state index in [0.29, 0.717) is 6.42 Å². The van der Waals surface area contributed by atoms with Gasteiger partial charge >= 0.3 is 6.09 Å². The average molecular weight is 450 g/mol. The van der Waals surface area contributed by atoms with Crippen LogP contribution in [0.15, 0.2) is 79.4 Å². The van der Waals surface area contributed by atoms with E-state index in [1.165, 1.54) is 4.90 Å². The lowest BCUT2D eigenvalue weighted by atomic mass is 9.98. The number of carbonyl (C=O) groups is 2. The summed E-state index contributed by atoms with van der Waals surface area (Å²) in [4.78, 5) is 27.4. The molecule has 2 amide bonds. The Labute approximate surface area is 191 Å². The predicted octanol–water partition coefficient (Wildman–Crippen LogP) is 5.31. The first-order valence-electron chi connectivity index (χ1n) is 10.9. The van der Waals surface area contributed by atoms with Gasteiger partial charge in [0.1, 0.15) is 6.61 Å². The number of hydrogen-bond acceptors (Lipinski definition) is 4. The summed E-state index contributed by atoms with van der Waals surface area (Å²) in [6.45, 7) is 10.3. The Kier molecular flexibility index (Phi) is 7.83. The third-order valence-electron chi connectivity index (χ3n) is 5.17. The molecule has 0 aromatic heterocycles. The second-order valence-corrected chi connectivity index (χ2v) is 13.3. The molecule has 1 saturated heterocycles. The fourth-order valence-electron chi connectivity index (χ4n) is 3.71. The smallest absolute Gasteiger partial charge is 0.417 e. The average Bonchev–Trinajstić information content (AvgIpc) is 3.12. The van der Waals surface area contributed by atoms with E-state index in [0.717, 1.165) is 11.1 Å². The quantitative estimate of drug-likeness (QED) is 0.384. The number of amides is 2.